The summed E-state index contributed by atoms with van der Waals surface area (Å²) < 4.78 is 29.1. The zero-order valence-electron chi connectivity index (χ0n) is 11.4. The van der Waals surface area contributed by atoms with E-state index in [-0.39, 0.29) is 6.16 Å². The molecular weight excluding hydrogens is 279 g/mol. The van der Waals surface area contributed by atoms with Gasteiger partial charge in [-0.15, -0.1) is 0 Å². The predicted octanol–water partition coefficient (Wildman–Crippen LogP) is 1.38. The number of hydrogen-bond acceptors (Lipinski definition) is 5. The highest BCUT2D eigenvalue weighted by molar-refractivity contribution is 7.53. The predicted molar refractivity (Wildman–Crippen MR) is 73.3 cm³/mol. The second kappa shape index (κ2) is 5.17. The van der Waals surface area contributed by atoms with Gasteiger partial charge in [0, 0.05) is 0 Å². The molecule has 0 aliphatic carbocycles. The summed E-state index contributed by atoms with van der Waals surface area (Å²) in [7, 11) is -1.60. The number of aliphatic hydroxyl groups is 1. The number of rotatable bonds is 3. The Kier molecular flexibility index (Phi) is 3.65. The van der Waals surface area contributed by atoms with Crippen molar-refractivity contribution in [3.05, 3.63) is 30.3 Å². The van der Waals surface area contributed by atoms with Crippen LogP contribution in [-0.4, -0.2) is 41.7 Å². The summed E-state index contributed by atoms with van der Waals surface area (Å²) in [5, 5.41) is 11.0. The lowest BCUT2D eigenvalue weighted by Crippen LogP contribution is -2.35. The summed E-state index contributed by atoms with van der Waals surface area (Å²) in [4.78, 5) is 0. The van der Waals surface area contributed by atoms with Gasteiger partial charge in [-0.3, -0.25) is 0 Å². The molecule has 2 heterocycles. The second-order valence-electron chi connectivity index (χ2n) is 5.53. The topological polar surface area (TPSA) is 65.0 Å². The van der Waals surface area contributed by atoms with E-state index in [1.807, 2.05) is 30.3 Å². The van der Waals surface area contributed by atoms with Crippen molar-refractivity contribution in [3.8, 4) is 0 Å². The average Bonchev–Trinajstić information content (AvgIpc) is 2.85. The van der Waals surface area contributed by atoms with Gasteiger partial charge in [-0.1, -0.05) is 22.8 Å². The average molecular weight is 297 g/mol. The molecule has 5 unspecified atom stereocenters. The minimum absolute atomic E-state index is 0.265. The summed E-state index contributed by atoms with van der Waals surface area (Å²) in [5.74, 6) is -0.747. The first-order valence-electron chi connectivity index (χ1n) is 6.65. The van der Waals surface area contributed by atoms with E-state index in [9.17, 15) is 9.67 Å². The Balaban J connectivity index is 1.65. The van der Waals surface area contributed by atoms with E-state index in [1.165, 1.54) is 0 Å². The molecule has 0 spiro atoms. The Morgan fingerprint density at radius 1 is 1.25 bits per heavy atom. The lowest BCUT2D eigenvalue weighted by molar-refractivity contribution is -0.212. The molecule has 20 heavy (non-hydrogen) atoms. The van der Waals surface area contributed by atoms with Gasteiger partial charge < -0.3 is 19.3 Å². The minimum atomic E-state index is -1.60. The molecule has 1 aromatic rings. The summed E-state index contributed by atoms with van der Waals surface area (Å²) in [5.41, 5.74) is 0. The Morgan fingerprint density at radius 3 is 2.60 bits per heavy atom. The van der Waals surface area contributed by atoms with Crippen molar-refractivity contribution < 1.29 is 23.9 Å². The van der Waals surface area contributed by atoms with Crippen LogP contribution in [0, 0.1) is 0 Å². The first-order valence-corrected chi connectivity index (χ1v) is 8.10. The quantitative estimate of drug-likeness (QED) is 0.854. The maximum atomic E-state index is 12.3. The summed E-state index contributed by atoms with van der Waals surface area (Å²) in [6.45, 7) is 3.56. The molecule has 0 aromatic heterocycles. The van der Waals surface area contributed by atoms with Crippen LogP contribution in [0.4, 0.5) is 0 Å². The number of benzene rings is 1. The largest absolute Gasteiger partial charge is 0.387 e. The Morgan fingerprint density at radius 2 is 1.95 bits per heavy atom. The molecule has 108 valence electrons. The smallest absolute Gasteiger partial charge is 0.379 e. The highest BCUT2D eigenvalue weighted by Gasteiger charge is 2.55. The fourth-order valence-corrected chi connectivity index (χ4v) is 3.92. The van der Waals surface area contributed by atoms with Crippen molar-refractivity contribution in [2.75, 3.05) is 6.16 Å². The molecule has 5 nitrogen and oxygen atoms in total. The van der Waals surface area contributed by atoms with Crippen LogP contribution in [0.1, 0.15) is 13.8 Å². The molecule has 0 bridgehead atoms. The molecule has 5 atom stereocenters. The van der Waals surface area contributed by atoms with E-state index >= 15 is 0 Å². The summed E-state index contributed by atoms with van der Waals surface area (Å²) in [6.07, 6.45) is -2.16. The highest BCUT2D eigenvalue weighted by atomic mass is 31.1. The van der Waals surface area contributed by atoms with Crippen molar-refractivity contribution in [1.29, 1.82) is 0 Å². The van der Waals surface area contributed by atoms with E-state index in [0.717, 1.165) is 5.30 Å². The molecule has 1 aromatic carbocycles. The van der Waals surface area contributed by atoms with Gasteiger partial charge in [0.05, 0.1) is 0 Å². The van der Waals surface area contributed by atoms with E-state index in [1.54, 1.807) is 13.8 Å². The van der Waals surface area contributed by atoms with Gasteiger partial charge in [0.15, 0.2) is 23.5 Å². The van der Waals surface area contributed by atoms with E-state index in [4.69, 9.17) is 14.2 Å². The number of aliphatic hydroxyl groups excluding tert-OH is 1. The van der Waals surface area contributed by atoms with Crippen LogP contribution in [0.3, 0.4) is 0 Å². The Hall–Kier alpha value is -0.840. The van der Waals surface area contributed by atoms with Crippen LogP contribution in [0.2, 0.25) is 0 Å². The van der Waals surface area contributed by atoms with E-state index in [0.29, 0.717) is 0 Å². The summed E-state index contributed by atoms with van der Waals surface area (Å²) >= 11 is 0. The molecule has 2 fully saturated rings. The van der Waals surface area contributed by atoms with Gasteiger partial charge in [0.25, 0.3) is 0 Å². The van der Waals surface area contributed by atoms with Gasteiger partial charge in [0.2, 0.25) is 0 Å². The second-order valence-corrected chi connectivity index (χ2v) is 7.17. The lowest BCUT2D eigenvalue weighted by Gasteiger charge is -2.21. The van der Waals surface area contributed by atoms with Crippen molar-refractivity contribution >= 4 is 13.1 Å². The lowest BCUT2D eigenvalue weighted by atomic mass is 10.1. The van der Waals surface area contributed by atoms with Gasteiger partial charge >= 0.3 is 7.80 Å². The van der Waals surface area contributed by atoms with Crippen molar-refractivity contribution in [3.63, 3.8) is 0 Å². The molecule has 0 radical (unpaired) electrons. The van der Waals surface area contributed by atoms with Gasteiger partial charge in [-0.25, -0.2) is 0 Å². The number of hydrogen-bond donors (Lipinski definition) is 1. The zero-order chi connectivity index (χ0) is 14.3. The standard InChI is InChI=1S/C14H18O5P/c1-14(2)18-12-11(15)10(17-13(12)19-14)8-20(16)9-6-4-3-5-7-9/h3-7,10-13,15H,8H2,1-2H3/q+1. The Labute approximate surface area is 118 Å². The first-order chi connectivity index (χ1) is 9.46. The Bertz CT molecular complexity index is 504. The molecule has 2 aliphatic rings. The van der Waals surface area contributed by atoms with Gasteiger partial charge in [0.1, 0.15) is 18.3 Å². The van der Waals surface area contributed by atoms with Crippen LogP contribution < -0.4 is 5.30 Å². The third-order valence-electron chi connectivity index (χ3n) is 3.50. The van der Waals surface area contributed by atoms with Crippen LogP contribution in [0.25, 0.3) is 0 Å². The third kappa shape index (κ3) is 2.65. The summed E-state index contributed by atoms with van der Waals surface area (Å²) in [6, 6.07) is 9.20. The van der Waals surface area contributed by atoms with Crippen LogP contribution >= 0.6 is 7.80 Å². The maximum Gasteiger partial charge on any atom is 0.379 e. The third-order valence-corrected chi connectivity index (χ3v) is 5.07. The maximum absolute atomic E-state index is 12.3. The molecule has 1 N–H and O–H groups in total. The van der Waals surface area contributed by atoms with E-state index in [2.05, 4.69) is 0 Å². The molecular formula is C14H18O5P+. The van der Waals surface area contributed by atoms with Crippen molar-refractivity contribution in [2.24, 2.45) is 0 Å². The molecule has 2 aliphatic heterocycles. The monoisotopic (exact) mass is 297 g/mol. The first kappa shape index (κ1) is 14.1. The zero-order valence-corrected chi connectivity index (χ0v) is 12.3. The van der Waals surface area contributed by atoms with Crippen molar-refractivity contribution in [1.82, 2.24) is 0 Å². The van der Waals surface area contributed by atoms with Crippen LogP contribution in [0.5, 0.6) is 0 Å². The van der Waals surface area contributed by atoms with Crippen LogP contribution in [0.15, 0.2) is 30.3 Å². The molecule has 0 saturated carbocycles. The molecule has 6 heteroatoms. The number of ether oxygens (including phenoxy) is 3. The molecule has 0 amide bonds. The highest BCUT2D eigenvalue weighted by Crippen LogP contribution is 2.39. The normalized spacial score (nSPS) is 35.9. The fourth-order valence-electron chi connectivity index (χ4n) is 2.57. The van der Waals surface area contributed by atoms with Crippen LogP contribution in [-0.2, 0) is 18.8 Å². The molecule has 2 saturated heterocycles. The van der Waals surface area contributed by atoms with Gasteiger partial charge in [-0.2, -0.15) is 0 Å². The minimum Gasteiger partial charge on any atom is -0.387 e. The van der Waals surface area contributed by atoms with Gasteiger partial charge in [-0.05, 0) is 26.0 Å². The number of fused-ring (bicyclic) bond motifs is 1. The van der Waals surface area contributed by atoms with E-state index < -0.39 is 38.2 Å². The van der Waals surface area contributed by atoms with Crippen molar-refractivity contribution in [2.45, 2.75) is 44.2 Å². The SMILES string of the molecule is CC1(C)OC2OC(C[P+](=O)c3ccccc3)C(O)C2O1. The molecule has 3 rings (SSSR count). The fraction of sp³-hybridized carbons (Fsp3) is 0.571.